The molecule has 6 heteroatoms. The Morgan fingerprint density at radius 2 is 1.90 bits per heavy atom. The molecule has 114 valence electrons. The maximum Gasteiger partial charge on any atom is 0.251 e. The third-order valence-corrected chi connectivity index (χ3v) is 4.01. The molecule has 1 heterocycles. The van der Waals surface area contributed by atoms with Gasteiger partial charge in [0, 0.05) is 29.7 Å². The second-order valence-electron chi connectivity index (χ2n) is 5.10. The number of amides is 2. The normalized spacial score (nSPS) is 18.0. The molecular formula is C15H20BrN3O2. The van der Waals surface area contributed by atoms with E-state index >= 15 is 0 Å². The van der Waals surface area contributed by atoms with E-state index in [0.717, 1.165) is 30.4 Å². The van der Waals surface area contributed by atoms with Gasteiger partial charge in [0.25, 0.3) is 5.91 Å². The molecule has 0 bridgehead atoms. The molecule has 0 spiro atoms. The number of nitrogens with one attached hydrogen (secondary N) is 3. The molecule has 2 rings (SSSR count). The van der Waals surface area contributed by atoms with Crippen molar-refractivity contribution in [3.8, 4) is 0 Å². The summed E-state index contributed by atoms with van der Waals surface area (Å²) in [7, 11) is 0. The number of rotatable bonds is 5. The molecule has 1 unspecified atom stereocenters. The van der Waals surface area contributed by atoms with Crippen molar-refractivity contribution in [1.82, 2.24) is 16.0 Å². The zero-order chi connectivity index (χ0) is 15.1. The van der Waals surface area contributed by atoms with Crippen molar-refractivity contribution in [2.24, 2.45) is 5.92 Å². The third-order valence-electron chi connectivity index (χ3n) is 3.48. The van der Waals surface area contributed by atoms with Gasteiger partial charge in [-0.1, -0.05) is 15.9 Å². The number of benzene rings is 1. The van der Waals surface area contributed by atoms with Crippen molar-refractivity contribution in [1.29, 1.82) is 0 Å². The highest BCUT2D eigenvalue weighted by atomic mass is 79.9. The maximum absolute atomic E-state index is 11.9. The molecule has 1 fully saturated rings. The van der Waals surface area contributed by atoms with Gasteiger partial charge < -0.3 is 16.0 Å². The summed E-state index contributed by atoms with van der Waals surface area (Å²) >= 11 is 3.33. The Kier molecular flexibility index (Phi) is 6.20. The van der Waals surface area contributed by atoms with E-state index in [0.29, 0.717) is 18.7 Å². The number of hydrogen-bond donors (Lipinski definition) is 3. The lowest BCUT2D eigenvalue weighted by atomic mass is 9.99. The van der Waals surface area contributed by atoms with Gasteiger partial charge in [-0.3, -0.25) is 9.59 Å². The van der Waals surface area contributed by atoms with Crippen LogP contribution in [0.5, 0.6) is 0 Å². The molecule has 0 radical (unpaired) electrons. The van der Waals surface area contributed by atoms with Gasteiger partial charge in [-0.2, -0.15) is 0 Å². The van der Waals surface area contributed by atoms with Crippen molar-refractivity contribution < 1.29 is 9.59 Å². The zero-order valence-corrected chi connectivity index (χ0v) is 13.4. The molecule has 3 N–H and O–H groups in total. The predicted molar refractivity (Wildman–Crippen MR) is 85.1 cm³/mol. The van der Waals surface area contributed by atoms with Gasteiger partial charge in [0.15, 0.2) is 0 Å². The Morgan fingerprint density at radius 3 is 2.57 bits per heavy atom. The van der Waals surface area contributed by atoms with Crippen LogP contribution in [0, 0.1) is 5.92 Å². The minimum atomic E-state index is -0.129. The first kappa shape index (κ1) is 16.0. The first-order chi connectivity index (χ1) is 10.2. The molecular weight excluding hydrogens is 334 g/mol. The van der Waals surface area contributed by atoms with Crippen LogP contribution in [0.3, 0.4) is 0 Å². The van der Waals surface area contributed by atoms with Crippen molar-refractivity contribution in [2.75, 3.05) is 26.2 Å². The molecule has 1 aromatic carbocycles. The summed E-state index contributed by atoms with van der Waals surface area (Å²) in [6, 6.07) is 7.16. The third kappa shape index (κ3) is 5.13. The average Bonchev–Trinajstić information content (AvgIpc) is 2.52. The number of piperidine rings is 1. The van der Waals surface area contributed by atoms with E-state index < -0.39 is 0 Å². The van der Waals surface area contributed by atoms with Gasteiger partial charge in [0.05, 0.1) is 5.92 Å². The van der Waals surface area contributed by atoms with Gasteiger partial charge in [0.2, 0.25) is 5.91 Å². The van der Waals surface area contributed by atoms with Crippen LogP contribution < -0.4 is 16.0 Å². The molecule has 1 atom stereocenters. The Bertz CT molecular complexity index is 484. The number of carbonyl (C=O) groups is 2. The Balaban J connectivity index is 1.66. The van der Waals surface area contributed by atoms with Crippen LogP contribution in [0.15, 0.2) is 28.7 Å². The highest BCUT2D eigenvalue weighted by Gasteiger charge is 2.20. The van der Waals surface area contributed by atoms with Gasteiger partial charge in [-0.15, -0.1) is 0 Å². The van der Waals surface area contributed by atoms with Crippen molar-refractivity contribution in [3.05, 3.63) is 34.3 Å². The van der Waals surface area contributed by atoms with Crippen molar-refractivity contribution >= 4 is 27.7 Å². The van der Waals surface area contributed by atoms with E-state index in [1.54, 1.807) is 12.1 Å². The molecule has 2 amide bonds. The molecule has 1 saturated heterocycles. The van der Waals surface area contributed by atoms with E-state index in [1.165, 1.54) is 0 Å². The summed E-state index contributed by atoms with van der Waals surface area (Å²) in [5.74, 6) is -0.00269. The minimum absolute atomic E-state index is 0.0564. The van der Waals surface area contributed by atoms with Gasteiger partial charge in [0.1, 0.15) is 0 Å². The van der Waals surface area contributed by atoms with Crippen molar-refractivity contribution in [2.45, 2.75) is 12.8 Å². The number of hydrogen-bond acceptors (Lipinski definition) is 3. The van der Waals surface area contributed by atoms with Crippen LogP contribution in [0.25, 0.3) is 0 Å². The van der Waals surface area contributed by atoms with Crippen LogP contribution in [0.2, 0.25) is 0 Å². The summed E-state index contributed by atoms with van der Waals surface area (Å²) in [6.45, 7) is 2.63. The lowest BCUT2D eigenvalue weighted by molar-refractivity contribution is -0.125. The largest absolute Gasteiger partial charge is 0.354 e. The lowest BCUT2D eigenvalue weighted by Gasteiger charge is -2.21. The summed E-state index contributed by atoms with van der Waals surface area (Å²) in [4.78, 5) is 23.7. The van der Waals surface area contributed by atoms with E-state index in [1.807, 2.05) is 12.1 Å². The van der Waals surface area contributed by atoms with Gasteiger partial charge in [-0.25, -0.2) is 0 Å². The standard InChI is InChI=1S/C15H20BrN3O2/c16-13-5-3-11(4-6-13)14(20)18-8-9-19-15(21)12-2-1-7-17-10-12/h3-6,12,17H,1-2,7-10H2,(H,18,20)(H,19,21). The fraction of sp³-hybridized carbons (Fsp3) is 0.467. The second-order valence-corrected chi connectivity index (χ2v) is 6.01. The Morgan fingerprint density at radius 1 is 1.19 bits per heavy atom. The molecule has 0 aliphatic carbocycles. The average molecular weight is 354 g/mol. The van der Waals surface area contributed by atoms with Crippen molar-refractivity contribution in [3.63, 3.8) is 0 Å². The highest BCUT2D eigenvalue weighted by Crippen LogP contribution is 2.10. The second kappa shape index (κ2) is 8.14. The van der Waals surface area contributed by atoms with E-state index in [-0.39, 0.29) is 17.7 Å². The van der Waals surface area contributed by atoms with Crippen LogP contribution in [-0.4, -0.2) is 38.0 Å². The summed E-state index contributed by atoms with van der Waals surface area (Å²) < 4.78 is 0.937. The van der Waals surface area contributed by atoms with Gasteiger partial charge >= 0.3 is 0 Å². The molecule has 0 aromatic heterocycles. The van der Waals surface area contributed by atoms with Crippen LogP contribution in [0.1, 0.15) is 23.2 Å². The quantitative estimate of drug-likeness (QED) is 0.698. The predicted octanol–water partition coefficient (Wildman–Crippen LogP) is 1.29. The summed E-state index contributed by atoms with van der Waals surface area (Å²) in [5, 5.41) is 8.88. The topological polar surface area (TPSA) is 70.2 Å². The van der Waals surface area contributed by atoms with E-state index in [4.69, 9.17) is 0 Å². The molecule has 1 aromatic rings. The van der Waals surface area contributed by atoms with Crippen LogP contribution in [0.4, 0.5) is 0 Å². The fourth-order valence-corrected chi connectivity index (χ4v) is 2.55. The fourth-order valence-electron chi connectivity index (χ4n) is 2.29. The zero-order valence-electron chi connectivity index (χ0n) is 11.8. The summed E-state index contributed by atoms with van der Waals surface area (Å²) in [6.07, 6.45) is 1.97. The number of halogens is 1. The molecule has 5 nitrogen and oxygen atoms in total. The maximum atomic E-state index is 11.9. The van der Waals surface area contributed by atoms with Crippen LogP contribution >= 0.6 is 15.9 Å². The van der Waals surface area contributed by atoms with Crippen LogP contribution in [-0.2, 0) is 4.79 Å². The molecule has 21 heavy (non-hydrogen) atoms. The smallest absolute Gasteiger partial charge is 0.251 e. The molecule has 0 saturated carbocycles. The number of carbonyl (C=O) groups excluding carboxylic acids is 2. The minimum Gasteiger partial charge on any atom is -0.354 e. The molecule has 1 aliphatic heterocycles. The molecule has 1 aliphatic rings. The lowest BCUT2D eigenvalue weighted by Crippen LogP contribution is -2.42. The highest BCUT2D eigenvalue weighted by molar-refractivity contribution is 9.10. The van der Waals surface area contributed by atoms with E-state index in [2.05, 4.69) is 31.9 Å². The monoisotopic (exact) mass is 353 g/mol. The first-order valence-electron chi connectivity index (χ1n) is 7.19. The Labute approximate surface area is 133 Å². The Hall–Kier alpha value is -1.40. The van der Waals surface area contributed by atoms with Gasteiger partial charge in [-0.05, 0) is 43.7 Å². The summed E-state index contributed by atoms with van der Waals surface area (Å²) in [5.41, 5.74) is 0.612. The SMILES string of the molecule is O=C(NCCNC(=O)C1CCCNC1)c1ccc(Br)cc1. The first-order valence-corrected chi connectivity index (χ1v) is 7.98. The van der Waals surface area contributed by atoms with E-state index in [9.17, 15) is 9.59 Å².